The van der Waals surface area contributed by atoms with Crippen molar-refractivity contribution >= 4 is 28.2 Å². The van der Waals surface area contributed by atoms with E-state index in [1.807, 2.05) is 37.3 Å². The van der Waals surface area contributed by atoms with E-state index in [1.54, 1.807) is 30.5 Å². The molecule has 0 aliphatic heterocycles. The van der Waals surface area contributed by atoms with Crippen LogP contribution in [-0.4, -0.2) is 50.7 Å². The molecule has 4 rings (SSSR count). The smallest absolute Gasteiger partial charge is 0.241 e. The van der Waals surface area contributed by atoms with Crippen LogP contribution in [0.15, 0.2) is 67.0 Å². The van der Waals surface area contributed by atoms with Gasteiger partial charge >= 0.3 is 0 Å². The maximum Gasteiger partial charge on any atom is 0.241 e. The predicted octanol–water partition coefficient (Wildman–Crippen LogP) is 5.03. The van der Waals surface area contributed by atoms with Crippen LogP contribution in [0.2, 0.25) is 0 Å². The third kappa shape index (κ3) is 6.16. The Kier molecular flexibility index (Phi) is 10.1. The second kappa shape index (κ2) is 13.4. The number of pyridine rings is 1. The van der Waals surface area contributed by atoms with Gasteiger partial charge in [0.15, 0.2) is 17.3 Å². The van der Waals surface area contributed by atoms with Crippen LogP contribution in [0.5, 0.6) is 23.0 Å². The van der Waals surface area contributed by atoms with Crippen molar-refractivity contribution < 1.29 is 28.5 Å². The summed E-state index contributed by atoms with van der Waals surface area (Å²) in [6, 6.07) is 15.4. The lowest BCUT2D eigenvalue weighted by molar-refractivity contribution is -0.117. The van der Waals surface area contributed by atoms with E-state index in [2.05, 4.69) is 10.3 Å². The van der Waals surface area contributed by atoms with Crippen LogP contribution < -0.4 is 30.0 Å². The van der Waals surface area contributed by atoms with Gasteiger partial charge in [0.1, 0.15) is 5.75 Å². The van der Waals surface area contributed by atoms with Gasteiger partial charge in [-0.3, -0.25) is 14.6 Å². The van der Waals surface area contributed by atoms with Crippen LogP contribution in [0.4, 0.5) is 5.69 Å². The van der Waals surface area contributed by atoms with Gasteiger partial charge in [-0.25, -0.2) is 0 Å². The fraction of sp³-hybridized carbons (Fsp3) is 0.258. The molecular weight excluding hydrogens is 510 g/mol. The number of nitrogens with one attached hydrogen (secondary N) is 1. The molecule has 1 aromatic heterocycles. The number of carbonyl (C=O) groups excluding carboxylic acids is 2. The van der Waals surface area contributed by atoms with Crippen molar-refractivity contribution in [3.63, 3.8) is 0 Å². The topological polar surface area (TPSA) is 122 Å². The molecule has 0 aliphatic rings. The van der Waals surface area contributed by atoms with Crippen molar-refractivity contribution in [3.8, 4) is 23.0 Å². The maximum absolute atomic E-state index is 13.7. The first-order chi connectivity index (χ1) is 18.9. The molecule has 40 heavy (non-hydrogen) atoms. The van der Waals surface area contributed by atoms with E-state index in [-0.39, 0.29) is 19.1 Å². The number of aromatic nitrogens is 1. The van der Waals surface area contributed by atoms with E-state index >= 15 is 0 Å². The van der Waals surface area contributed by atoms with Gasteiger partial charge in [-0.05, 0) is 48.6 Å². The first-order valence-corrected chi connectivity index (χ1v) is 12.4. The Bertz CT molecular complexity index is 1460. The van der Waals surface area contributed by atoms with Gasteiger partial charge in [0, 0.05) is 28.9 Å². The molecule has 1 heterocycles. The third-order valence-corrected chi connectivity index (χ3v) is 6.26. The summed E-state index contributed by atoms with van der Waals surface area (Å²) in [6.07, 6.45) is 3.44. The maximum atomic E-state index is 13.7. The van der Waals surface area contributed by atoms with Crippen molar-refractivity contribution in [2.24, 2.45) is 5.73 Å². The first kappa shape index (κ1) is 29.9. The van der Waals surface area contributed by atoms with Gasteiger partial charge in [0.05, 0.1) is 39.7 Å². The zero-order valence-corrected chi connectivity index (χ0v) is 22.3. The van der Waals surface area contributed by atoms with E-state index in [0.717, 1.165) is 5.56 Å². The molecule has 0 fully saturated rings. The second-order valence-electron chi connectivity index (χ2n) is 8.68. The predicted molar refractivity (Wildman–Crippen MR) is 156 cm³/mol. The molecule has 9 nitrogen and oxygen atoms in total. The van der Waals surface area contributed by atoms with Crippen molar-refractivity contribution in [1.82, 2.24) is 4.98 Å². The summed E-state index contributed by atoms with van der Waals surface area (Å²) in [7, 11) is 4.46. The molecule has 0 bridgehead atoms. The number of benzene rings is 3. The van der Waals surface area contributed by atoms with Gasteiger partial charge < -0.3 is 30.0 Å². The molecule has 1 atom stereocenters. The summed E-state index contributed by atoms with van der Waals surface area (Å²) in [4.78, 5) is 31.2. The minimum absolute atomic E-state index is 0. The Labute approximate surface area is 234 Å². The Balaban J connectivity index is 0.00000441. The summed E-state index contributed by atoms with van der Waals surface area (Å²) in [5, 5.41) is 4.04. The molecule has 0 radical (unpaired) electrons. The lowest BCUT2D eigenvalue weighted by atomic mass is 9.97. The van der Waals surface area contributed by atoms with Crippen LogP contribution in [0.1, 0.15) is 35.8 Å². The van der Waals surface area contributed by atoms with Gasteiger partial charge in [0.25, 0.3) is 0 Å². The molecule has 4 aromatic rings. The molecule has 9 heteroatoms. The highest BCUT2D eigenvalue weighted by atomic mass is 16.5. The van der Waals surface area contributed by atoms with E-state index < -0.39 is 6.04 Å². The van der Waals surface area contributed by atoms with Crippen molar-refractivity contribution in [1.29, 1.82) is 0 Å². The number of fused-ring (bicyclic) bond motifs is 1. The Morgan fingerprint density at radius 2 is 1.57 bits per heavy atom. The number of methoxy groups -OCH3 is 3. The summed E-state index contributed by atoms with van der Waals surface area (Å²) in [5.74, 6) is 0.846. The van der Waals surface area contributed by atoms with Crippen LogP contribution in [0.25, 0.3) is 10.8 Å². The summed E-state index contributed by atoms with van der Waals surface area (Å²) in [5.41, 5.74) is 8.24. The summed E-state index contributed by atoms with van der Waals surface area (Å²) in [6.45, 7) is 2.22. The standard InChI is InChI=1S/C30H31N3O6.CH4/c1-5-39-24-12-11-20-21(27(24)33-30(35)23(31)13-18-9-7-6-8-10-18)16-32-17-22(20)28(34)19-14-25(36-2)29(38-4)26(15-19)37-3;/h6-12,14-17,23H,5,13,31H2,1-4H3,(H,33,35);1H4/t23-;/m0./s1. The lowest BCUT2D eigenvalue weighted by Crippen LogP contribution is -2.37. The number of hydrogen-bond donors (Lipinski definition) is 2. The number of ether oxygens (including phenoxy) is 4. The number of amides is 1. The highest BCUT2D eigenvalue weighted by molar-refractivity contribution is 6.19. The quantitative estimate of drug-likeness (QED) is 0.252. The zero-order chi connectivity index (χ0) is 27.9. The second-order valence-corrected chi connectivity index (χ2v) is 8.68. The SMILES string of the molecule is C.CCOc1ccc2c(C(=O)c3cc(OC)c(OC)c(OC)c3)cncc2c1NC(=O)[C@@H](N)Cc1ccccc1. The molecule has 1 amide bonds. The van der Waals surface area contributed by atoms with Gasteiger partial charge in [0.2, 0.25) is 11.7 Å². The number of nitrogens with two attached hydrogens (primary N) is 1. The van der Waals surface area contributed by atoms with Crippen molar-refractivity contribution in [3.05, 3.63) is 83.7 Å². The number of hydrogen-bond acceptors (Lipinski definition) is 8. The summed E-state index contributed by atoms with van der Waals surface area (Å²) < 4.78 is 22.0. The Morgan fingerprint density at radius 3 is 2.17 bits per heavy atom. The van der Waals surface area contributed by atoms with Gasteiger partial charge in [-0.15, -0.1) is 0 Å². The Hall–Kier alpha value is -4.63. The highest BCUT2D eigenvalue weighted by Gasteiger charge is 2.23. The monoisotopic (exact) mass is 545 g/mol. The first-order valence-electron chi connectivity index (χ1n) is 12.4. The number of carbonyl (C=O) groups is 2. The fourth-order valence-corrected chi connectivity index (χ4v) is 4.35. The average molecular weight is 546 g/mol. The number of rotatable bonds is 11. The molecule has 3 aromatic carbocycles. The molecule has 0 aliphatic carbocycles. The molecule has 0 saturated carbocycles. The average Bonchev–Trinajstić information content (AvgIpc) is 2.97. The van der Waals surface area contributed by atoms with Crippen LogP contribution in [0.3, 0.4) is 0 Å². The van der Waals surface area contributed by atoms with E-state index in [9.17, 15) is 9.59 Å². The van der Waals surface area contributed by atoms with Crippen LogP contribution >= 0.6 is 0 Å². The number of nitrogens with zero attached hydrogens (tertiary/aromatic N) is 1. The van der Waals surface area contributed by atoms with Crippen LogP contribution in [0, 0.1) is 0 Å². The van der Waals surface area contributed by atoms with Gasteiger partial charge in [-0.2, -0.15) is 0 Å². The van der Waals surface area contributed by atoms with E-state index in [0.29, 0.717) is 63.6 Å². The molecular formula is C31H35N3O6. The van der Waals surface area contributed by atoms with Gasteiger partial charge in [-0.1, -0.05) is 37.8 Å². The van der Waals surface area contributed by atoms with Crippen molar-refractivity contribution in [2.75, 3.05) is 33.3 Å². The van der Waals surface area contributed by atoms with E-state index in [4.69, 9.17) is 24.7 Å². The largest absolute Gasteiger partial charge is 0.493 e. The fourth-order valence-electron chi connectivity index (χ4n) is 4.35. The third-order valence-electron chi connectivity index (χ3n) is 6.26. The molecule has 3 N–H and O–H groups in total. The minimum Gasteiger partial charge on any atom is -0.493 e. The number of ketones is 1. The minimum atomic E-state index is -0.797. The lowest BCUT2D eigenvalue weighted by Gasteiger charge is -2.18. The summed E-state index contributed by atoms with van der Waals surface area (Å²) >= 11 is 0. The molecule has 210 valence electrons. The van der Waals surface area contributed by atoms with E-state index in [1.165, 1.54) is 27.5 Å². The number of anilines is 1. The normalized spacial score (nSPS) is 11.2. The molecule has 0 spiro atoms. The highest BCUT2D eigenvalue weighted by Crippen LogP contribution is 2.40. The molecule has 0 saturated heterocycles. The zero-order valence-electron chi connectivity index (χ0n) is 22.3. The van der Waals surface area contributed by atoms with Crippen molar-refractivity contribution in [2.45, 2.75) is 26.8 Å². The Morgan fingerprint density at radius 1 is 0.900 bits per heavy atom. The molecule has 0 unspecified atom stereocenters. The van der Waals surface area contributed by atoms with Crippen LogP contribution in [-0.2, 0) is 11.2 Å².